The lowest BCUT2D eigenvalue weighted by Gasteiger charge is -2.37. The highest BCUT2D eigenvalue weighted by Crippen LogP contribution is 2.53. The molecular formula is C37H62N6O7S. The van der Waals surface area contributed by atoms with Crippen molar-refractivity contribution in [2.75, 3.05) is 32.9 Å². The molecule has 1 aliphatic heterocycles. The number of amides is 5. The number of ketones is 1. The van der Waals surface area contributed by atoms with Crippen LogP contribution < -0.4 is 21.3 Å². The maximum atomic E-state index is 14.8. The first-order valence-corrected chi connectivity index (χ1v) is 20.6. The minimum absolute atomic E-state index is 0.0447. The summed E-state index contributed by atoms with van der Waals surface area (Å²) in [5.74, 6) is -2.22. The zero-order chi connectivity index (χ0) is 37.9. The van der Waals surface area contributed by atoms with Gasteiger partial charge >= 0.3 is 6.03 Å². The molecule has 1 heterocycles. The summed E-state index contributed by atoms with van der Waals surface area (Å²) < 4.78 is 25.6. The van der Waals surface area contributed by atoms with Gasteiger partial charge in [-0.1, -0.05) is 72.8 Å². The second-order valence-corrected chi connectivity index (χ2v) is 19.4. The number of likely N-dealkylation sites (tertiary alicyclic amines) is 1. The lowest BCUT2D eigenvalue weighted by Crippen LogP contribution is -2.61. The zero-order valence-corrected chi connectivity index (χ0v) is 32.6. The van der Waals surface area contributed by atoms with E-state index in [1.54, 1.807) is 4.90 Å². The summed E-state index contributed by atoms with van der Waals surface area (Å²) in [7, 11) is -2.03. The summed E-state index contributed by atoms with van der Waals surface area (Å²) in [5.41, 5.74) is -0.623. The Hall–Kier alpha value is -3.00. The second-order valence-electron chi connectivity index (χ2n) is 17.3. The molecule has 1 saturated heterocycles. The molecule has 0 aromatic carbocycles. The van der Waals surface area contributed by atoms with E-state index in [2.05, 4.69) is 41.7 Å². The Morgan fingerprint density at radius 3 is 2.20 bits per heavy atom. The van der Waals surface area contributed by atoms with Crippen LogP contribution in [0.15, 0.2) is 12.7 Å². The van der Waals surface area contributed by atoms with Crippen LogP contribution in [0.4, 0.5) is 4.79 Å². The van der Waals surface area contributed by atoms with Crippen molar-refractivity contribution >= 4 is 39.6 Å². The van der Waals surface area contributed by atoms with Crippen molar-refractivity contribution < 1.29 is 32.4 Å². The highest BCUT2D eigenvalue weighted by Gasteiger charge is 2.57. The summed E-state index contributed by atoms with van der Waals surface area (Å²) in [6, 6.07) is -3.88. The molecule has 0 bridgehead atoms. The molecule has 4 N–H and O–H groups in total. The number of carbonyl (C=O) groups excluding carboxylic acids is 5. The van der Waals surface area contributed by atoms with Crippen molar-refractivity contribution in [3.05, 3.63) is 12.7 Å². The van der Waals surface area contributed by atoms with Crippen LogP contribution in [0.2, 0.25) is 0 Å². The third kappa shape index (κ3) is 10.3. The molecule has 4 fully saturated rings. The van der Waals surface area contributed by atoms with Crippen LogP contribution in [-0.4, -0.2) is 104 Å². The van der Waals surface area contributed by atoms with Gasteiger partial charge in [0.25, 0.3) is 5.91 Å². The quantitative estimate of drug-likeness (QED) is 0.148. The Kier molecular flexibility index (Phi) is 13.1. The van der Waals surface area contributed by atoms with E-state index in [-0.39, 0.29) is 48.1 Å². The lowest BCUT2D eigenvalue weighted by molar-refractivity contribution is -0.144. The summed E-state index contributed by atoms with van der Waals surface area (Å²) >= 11 is 0. The molecule has 3 saturated carbocycles. The highest BCUT2D eigenvalue weighted by atomic mass is 32.2. The van der Waals surface area contributed by atoms with Crippen molar-refractivity contribution in [1.82, 2.24) is 30.5 Å². The van der Waals surface area contributed by atoms with Crippen LogP contribution in [0.1, 0.15) is 98.8 Å². The predicted molar refractivity (Wildman–Crippen MR) is 196 cm³/mol. The number of nitrogens with one attached hydrogen (secondary N) is 4. The molecular weight excluding hydrogens is 673 g/mol. The zero-order valence-electron chi connectivity index (χ0n) is 31.8. The number of hydrogen-bond donors (Lipinski definition) is 4. The van der Waals surface area contributed by atoms with E-state index in [0.717, 1.165) is 64.0 Å². The molecule has 4 rings (SSSR count). The predicted octanol–water partition coefficient (Wildman–Crippen LogP) is 2.96. The van der Waals surface area contributed by atoms with Crippen LogP contribution in [0, 0.1) is 34.5 Å². The van der Waals surface area contributed by atoms with Gasteiger partial charge in [0.2, 0.25) is 27.6 Å². The topological polar surface area (TPSA) is 174 Å². The number of Topliss-reactive ketones (excluding diaryl/α,β-unsaturated/α-hetero) is 1. The van der Waals surface area contributed by atoms with Crippen molar-refractivity contribution in [2.45, 2.75) is 123 Å². The lowest BCUT2D eigenvalue weighted by atomic mass is 9.79. The Morgan fingerprint density at radius 2 is 1.63 bits per heavy atom. The number of hydrogen-bond acceptors (Lipinski definition) is 7. The molecule has 6 atom stereocenters. The molecule has 1 unspecified atom stereocenters. The van der Waals surface area contributed by atoms with Crippen molar-refractivity contribution in [1.29, 1.82) is 0 Å². The maximum absolute atomic E-state index is 14.8. The number of sulfonamides is 1. The Balaban J connectivity index is 1.61. The van der Waals surface area contributed by atoms with Gasteiger partial charge in [0.05, 0.1) is 12.3 Å². The van der Waals surface area contributed by atoms with Crippen LogP contribution >= 0.6 is 0 Å². The Labute approximate surface area is 304 Å². The van der Waals surface area contributed by atoms with Crippen LogP contribution in [0.5, 0.6) is 0 Å². The van der Waals surface area contributed by atoms with Gasteiger partial charge in [0.1, 0.15) is 12.1 Å². The minimum Gasteiger partial charge on any atom is -0.346 e. The first-order chi connectivity index (χ1) is 23.7. The van der Waals surface area contributed by atoms with Gasteiger partial charge in [0, 0.05) is 32.7 Å². The van der Waals surface area contributed by atoms with Gasteiger partial charge in [-0.15, -0.1) is 6.58 Å². The molecule has 0 aromatic rings. The molecule has 13 nitrogen and oxygen atoms in total. The number of carbonyl (C=O) groups is 5. The van der Waals surface area contributed by atoms with E-state index in [1.807, 2.05) is 20.8 Å². The number of rotatable bonds is 15. The fourth-order valence-corrected chi connectivity index (χ4v) is 8.69. The number of likely N-dealkylation sites (N-methyl/N-ethyl adjacent to an activating group) is 1. The van der Waals surface area contributed by atoms with E-state index < -0.39 is 63.2 Å². The molecule has 288 valence electrons. The number of fused-ring (bicyclic) bond motifs is 1. The third-order valence-corrected chi connectivity index (χ3v) is 13.2. The summed E-state index contributed by atoms with van der Waals surface area (Å²) in [6.45, 7) is 14.2. The summed E-state index contributed by atoms with van der Waals surface area (Å²) in [5, 5.41) is 11.4. The van der Waals surface area contributed by atoms with Crippen molar-refractivity contribution in [2.24, 2.45) is 34.5 Å². The second kappa shape index (κ2) is 16.3. The van der Waals surface area contributed by atoms with E-state index in [1.165, 1.54) is 17.4 Å². The Morgan fingerprint density at radius 1 is 0.980 bits per heavy atom. The first kappa shape index (κ1) is 40.8. The molecule has 51 heavy (non-hydrogen) atoms. The first-order valence-electron chi connectivity index (χ1n) is 18.8. The Bertz CT molecular complexity index is 1430. The largest absolute Gasteiger partial charge is 0.346 e. The van der Waals surface area contributed by atoms with Gasteiger partial charge in [-0.3, -0.25) is 19.2 Å². The van der Waals surface area contributed by atoms with Crippen LogP contribution in [-0.2, 0) is 29.2 Å². The molecule has 14 heteroatoms. The average Bonchev–Trinajstić information content (AvgIpc) is 3.71. The van der Waals surface area contributed by atoms with E-state index in [9.17, 15) is 32.4 Å². The monoisotopic (exact) mass is 734 g/mol. The SMILES string of the molecule is C=CCNC(=O)C(=O)C(CC1CC1)NC(=O)[C@@H]1[C@H]2CCC(C)(C)[C@H]2CN1C(=O)[C@@H](NC(=O)N[C@H](CN(C)S(C)(=O)=O)C(C)(C)C)C1CCCCC1. The fourth-order valence-electron chi connectivity index (χ4n) is 8.27. The maximum Gasteiger partial charge on any atom is 0.315 e. The van der Waals surface area contributed by atoms with E-state index >= 15 is 0 Å². The summed E-state index contributed by atoms with van der Waals surface area (Å²) in [6.07, 6.45) is 10.8. The van der Waals surface area contributed by atoms with Crippen LogP contribution in [0.3, 0.4) is 0 Å². The third-order valence-electron chi connectivity index (χ3n) is 11.9. The molecule has 0 spiro atoms. The number of urea groups is 1. The minimum atomic E-state index is -3.50. The van der Waals surface area contributed by atoms with E-state index in [4.69, 9.17) is 0 Å². The standard InChI is InChI=1S/C37H62N6O7S/c1-9-19-38-33(46)31(44)27(20-23-15-16-23)39-32(45)30-25-17-18-37(5,6)26(25)21-43(30)34(47)29(24-13-11-10-12-14-24)41-35(48)40-28(36(2,3)4)22-42(7)51(8,49)50/h9,23-30H,1,10-22H2,2-8H3,(H,38,46)(H,39,45)(H2,40,41,48)/t25-,26-,27?,28+,29-,30-/m0/s1. The van der Waals surface area contributed by atoms with Gasteiger partial charge in [-0.05, 0) is 66.6 Å². The molecule has 3 aliphatic carbocycles. The molecule has 0 radical (unpaired) electrons. The van der Waals surface area contributed by atoms with E-state index in [0.29, 0.717) is 13.0 Å². The van der Waals surface area contributed by atoms with Gasteiger partial charge in [-0.2, -0.15) is 0 Å². The highest BCUT2D eigenvalue weighted by molar-refractivity contribution is 7.88. The van der Waals surface area contributed by atoms with Crippen LogP contribution in [0.25, 0.3) is 0 Å². The smallest absolute Gasteiger partial charge is 0.315 e. The fraction of sp³-hybridized carbons (Fsp3) is 0.811. The van der Waals surface area contributed by atoms with Crippen molar-refractivity contribution in [3.63, 3.8) is 0 Å². The van der Waals surface area contributed by atoms with Gasteiger partial charge < -0.3 is 26.2 Å². The van der Waals surface area contributed by atoms with Gasteiger partial charge in [-0.25, -0.2) is 17.5 Å². The van der Waals surface area contributed by atoms with Gasteiger partial charge in [0.15, 0.2) is 0 Å². The number of nitrogens with zero attached hydrogens (tertiary/aromatic N) is 2. The van der Waals surface area contributed by atoms with Crippen molar-refractivity contribution in [3.8, 4) is 0 Å². The normalized spacial score (nSPS) is 25.3. The molecule has 0 aromatic heterocycles. The average molecular weight is 735 g/mol. The molecule has 5 amide bonds. The summed E-state index contributed by atoms with van der Waals surface area (Å²) in [4.78, 5) is 70.6. The molecule has 4 aliphatic rings.